The number of hydrogen-bond acceptors (Lipinski definition) is 2. The van der Waals surface area contributed by atoms with Crippen molar-refractivity contribution in [2.75, 3.05) is 19.6 Å². The normalized spacial score (nSPS) is 25.6. The summed E-state index contributed by atoms with van der Waals surface area (Å²) in [7, 11) is 0. The molecule has 0 aromatic carbocycles. The van der Waals surface area contributed by atoms with E-state index >= 15 is 0 Å². The van der Waals surface area contributed by atoms with Crippen molar-refractivity contribution >= 4 is 0 Å². The van der Waals surface area contributed by atoms with Gasteiger partial charge in [0, 0.05) is 12.6 Å². The molecule has 1 aliphatic carbocycles. The molecule has 19 heavy (non-hydrogen) atoms. The van der Waals surface area contributed by atoms with E-state index in [1.54, 1.807) is 0 Å². The van der Waals surface area contributed by atoms with Crippen molar-refractivity contribution in [3.05, 3.63) is 0 Å². The maximum Gasteiger partial charge on any atom is 0.0218 e. The van der Waals surface area contributed by atoms with Gasteiger partial charge in [-0.3, -0.25) is 4.90 Å². The lowest BCUT2D eigenvalue weighted by atomic mass is 9.68. The smallest absolute Gasteiger partial charge is 0.0218 e. The molecule has 1 atom stereocenters. The van der Waals surface area contributed by atoms with Crippen molar-refractivity contribution in [2.45, 2.75) is 83.6 Å². The summed E-state index contributed by atoms with van der Waals surface area (Å²) < 4.78 is 0. The van der Waals surface area contributed by atoms with Crippen LogP contribution in [0.4, 0.5) is 0 Å². The number of nitrogens with two attached hydrogens (primary N) is 1. The highest BCUT2D eigenvalue weighted by molar-refractivity contribution is 4.90. The van der Waals surface area contributed by atoms with E-state index in [1.165, 1.54) is 83.7 Å². The van der Waals surface area contributed by atoms with Crippen molar-refractivity contribution in [3.63, 3.8) is 0 Å². The van der Waals surface area contributed by atoms with Crippen LogP contribution in [0.1, 0.15) is 77.6 Å². The van der Waals surface area contributed by atoms with Crippen LogP contribution in [0.15, 0.2) is 0 Å². The van der Waals surface area contributed by atoms with Gasteiger partial charge in [-0.15, -0.1) is 0 Å². The van der Waals surface area contributed by atoms with Gasteiger partial charge in [0.25, 0.3) is 0 Å². The molecule has 2 heteroatoms. The van der Waals surface area contributed by atoms with E-state index < -0.39 is 0 Å². The minimum Gasteiger partial charge on any atom is -0.329 e. The highest BCUT2D eigenvalue weighted by atomic mass is 15.2. The number of rotatable bonds is 6. The van der Waals surface area contributed by atoms with Crippen molar-refractivity contribution in [1.29, 1.82) is 0 Å². The van der Waals surface area contributed by atoms with E-state index in [0.717, 1.165) is 12.0 Å². The predicted molar refractivity (Wildman–Crippen MR) is 83.3 cm³/mol. The van der Waals surface area contributed by atoms with Gasteiger partial charge in [-0.25, -0.2) is 0 Å². The van der Waals surface area contributed by atoms with Gasteiger partial charge >= 0.3 is 0 Å². The van der Waals surface area contributed by atoms with E-state index in [0.29, 0.717) is 6.04 Å². The first kappa shape index (κ1) is 15.3. The minimum atomic E-state index is 0.660. The zero-order valence-corrected chi connectivity index (χ0v) is 13.0. The van der Waals surface area contributed by atoms with Crippen molar-refractivity contribution in [2.24, 2.45) is 11.1 Å². The van der Waals surface area contributed by atoms with E-state index in [-0.39, 0.29) is 0 Å². The second-order valence-electron chi connectivity index (χ2n) is 6.98. The Hall–Kier alpha value is -0.0800. The summed E-state index contributed by atoms with van der Waals surface area (Å²) in [5.41, 5.74) is 6.75. The average molecular weight is 266 g/mol. The molecule has 1 heterocycles. The van der Waals surface area contributed by atoms with Gasteiger partial charge < -0.3 is 5.73 Å². The summed E-state index contributed by atoms with van der Waals surface area (Å²) in [4.78, 5) is 2.70. The zero-order valence-electron chi connectivity index (χ0n) is 13.0. The van der Waals surface area contributed by atoms with Gasteiger partial charge in [-0.2, -0.15) is 0 Å². The number of nitrogens with zero attached hydrogens (tertiary/aromatic N) is 1. The summed E-state index contributed by atoms with van der Waals surface area (Å²) >= 11 is 0. The first-order valence-electron chi connectivity index (χ1n) is 8.74. The van der Waals surface area contributed by atoms with Gasteiger partial charge in [0.2, 0.25) is 0 Å². The monoisotopic (exact) mass is 266 g/mol. The Labute approximate surface area is 120 Å². The Morgan fingerprint density at radius 2 is 1.68 bits per heavy atom. The number of unbranched alkanes of at least 4 members (excludes halogenated alkanes) is 2. The van der Waals surface area contributed by atoms with E-state index in [2.05, 4.69) is 11.8 Å². The molecule has 1 spiro atoms. The molecule has 2 rings (SSSR count). The Balaban J connectivity index is 1.77. The van der Waals surface area contributed by atoms with Crippen molar-refractivity contribution in [3.8, 4) is 0 Å². The first-order valence-corrected chi connectivity index (χ1v) is 8.74. The molecule has 1 unspecified atom stereocenters. The van der Waals surface area contributed by atoms with Crippen LogP contribution in [0.5, 0.6) is 0 Å². The summed E-state index contributed by atoms with van der Waals surface area (Å²) in [5.74, 6) is 0. The predicted octanol–water partition coefficient (Wildman–Crippen LogP) is 3.94. The zero-order chi connectivity index (χ0) is 13.6. The highest BCUT2D eigenvalue weighted by Crippen LogP contribution is 2.44. The van der Waals surface area contributed by atoms with Crippen LogP contribution in [0.2, 0.25) is 0 Å². The molecular weight excluding hydrogens is 232 g/mol. The molecule has 0 amide bonds. The van der Waals surface area contributed by atoms with E-state index in [1.807, 2.05) is 0 Å². The molecule has 1 saturated carbocycles. The third-order valence-electron chi connectivity index (χ3n) is 5.70. The third-order valence-corrected chi connectivity index (χ3v) is 5.70. The summed E-state index contributed by atoms with van der Waals surface area (Å²) in [6, 6.07) is 0.660. The van der Waals surface area contributed by atoms with E-state index in [4.69, 9.17) is 5.73 Å². The summed E-state index contributed by atoms with van der Waals surface area (Å²) in [5, 5.41) is 0. The lowest BCUT2D eigenvalue weighted by Gasteiger charge is -2.46. The van der Waals surface area contributed by atoms with Crippen LogP contribution in [0.25, 0.3) is 0 Å². The molecule has 2 N–H and O–H groups in total. The third kappa shape index (κ3) is 4.19. The highest BCUT2D eigenvalue weighted by Gasteiger charge is 2.36. The number of likely N-dealkylation sites (tertiary alicyclic amines) is 1. The molecule has 1 saturated heterocycles. The van der Waals surface area contributed by atoms with Crippen LogP contribution >= 0.6 is 0 Å². The van der Waals surface area contributed by atoms with Gasteiger partial charge in [0.15, 0.2) is 0 Å². The summed E-state index contributed by atoms with van der Waals surface area (Å²) in [6.07, 6.45) is 15.7. The molecule has 0 aromatic rings. The average Bonchev–Trinajstić information content (AvgIpc) is 2.46. The Kier molecular flexibility index (Phi) is 6.15. The topological polar surface area (TPSA) is 29.3 Å². The number of piperidine rings is 1. The maximum atomic E-state index is 6.01. The Morgan fingerprint density at radius 3 is 2.26 bits per heavy atom. The van der Waals surface area contributed by atoms with Crippen LogP contribution in [0.3, 0.4) is 0 Å². The van der Waals surface area contributed by atoms with Crippen LogP contribution in [-0.2, 0) is 0 Å². The molecule has 2 aliphatic rings. The number of hydrogen-bond donors (Lipinski definition) is 1. The summed E-state index contributed by atoms with van der Waals surface area (Å²) in [6.45, 7) is 5.77. The molecule has 2 fully saturated rings. The lowest BCUT2D eigenvalue weighted by molar-refractivity contribution is 0.0441. The van der Waals surface area contributed by atoms with E-state index in [9.17, 15) is 0 Å². The van der Waals surface area contributed by atoms with Crippen molar-refractivity contribution in [1.82, 2.24) is 4.90 Å². The first-order chi connectivity index (χ1) is 9.29. The largest absolute Gasteiger partial charge is 0.329 e. The fourth-order valence-electron chi connectivity index (χ4n) is 4.24. The van der Waals surface area contributed by atoms with Crippen LogP contribution in [-0.4, -0.2) is 30.6 Å². The van der Waals surface area contributed by atoms with Gasteiger partial charge in [-0.1, -0.05) is 45.4 Å². The maximum absolute atomic E-state index is 6.01. The Bertz CT molecular complexity index is 236. The van der Waals surface area contributed by atoms with Gasteiger partial charge in [0.05, 0.1) is 0 Å². The molecule has 2 nitrogen and oxygen atoms in total. The molecule has 1 aliphatic heterocycles. The molecule has 112 valence electrons. The second-order valence-corrected chi connectivity index (χ2v) is 6.98. The Morgan fingerprint density at radius 1 is 1.00 bits per heavy atom. The standard InChI is InChI=1S/C17H34N2/c1-2-3-5-8-16(15-18)19-13-11-17(12-14-19)9-6-4-7-10-17/h16H,2-15,18H2,1H3. The SMILES string of the molecule is CCCCCC(CN)N1CCC2(CCCCC2)CC1. The lowest BCUT2D eigenvalue weighted by Crippen LogP contribution is -2.48. The fraction of sp³-hybridized carbons (Fsp3) is 1.00. The molecular formula is C17H34N2. The fourth-order valence-corrected chi connectivity index (χ4v) is 4.24. The van der Waals surface area contributed by atoms with Gasteiger partial charge in [-0.05, 0) is 50.6 Å². The van der Waals surface area contributed by atoms with Crippen LogP contribution in [0, 0.1) is 5.41 Å². The molecule has 0 aromatic heterocycles. The molecule has 0 bridgehead atoms. The molecule has 0 radical (unpaired) electrons. The van der Waals surface area contributed by atoms with Crippen LogP contribution < -0.4 is 5.73 Å². The second kappa shape index (κ2) is 7.64. The minimum absolute atomic E-state index is 0.660. The van der Waals surface area contributed by atoms with Gasteiger partial charge in [0.1, 0.15) is 0 Å². The van der Waals surface area contributed by atoms with Crippen molar-refractivity contribution < 1.29 is 0 Å². The quantitative estimate of drug-likeness (QED) is 0.738.